The van der Waals surface area contributed by atoms with Gasteiger partial charge in [-0.2, -0.15) is 0 Å². The fourth-order valence-electron chi connectivity index (χ4n) is 2.60. The molecule has 1 aliphatic heterocycles. The molecule has 0 N–H and O–H groups in total. The summed E-state index contributed by atoms with van der Waals surface area (Å²) in [4.78, 5) is 18.5. The monoisotopic (exact) mass is 270 g/mol. The predicted molar refractivity (Wildman–Crippen MR) is 79.1 cm³/mol. The fourth-order valence-corrected chi connectivity index (χ4v) is 2.60. The van der Waals surface area contributed by atoms with Crippen molar-refractivity contribution in [1.82, 2.24) is 4.98 Å². The molecule has 1 aromatic carbocycles. The van der Waals surface area contributed by atoms with Crippen LogP contribution in [0.5, 0.6) is 0 Å². The number of anilines is 1. The second-order valence-electron chi connectivity index (χ2n) is 4.99. The number of pyridine rings is 1. The Bertz CT molecular complexity index is 633. The Morgan fingerprint density at radius 1 is 1.25 bits per heavy atom. The summed E-state index contributed by atoms with van der Waals surface area (Å²) in [7, 11) is 0. The van der Waals surface area contributed by atoms with Crippen LogP contribution in [0.25, 0.3) is 10.9 Å². The third-order valence-electron chi connectivity index (χ3n) is 3.63. The van der Waals surface area contributed by atoms with Crippen LogP contribution in [0.15, 0.2) is 30.3 Å². The predicted octanol–water partition coefficient (Wildman–Crippen LogP) is 3.01. The third-order valence-corrected chi connectivity index (χ3v) is 3.63. The van der Waals surface area contributed by atoms with E-state index in [-0.39, 0.29) is 5.97 Å². The Balaban J connectivity index is 1.96. The lowest BCUT2D eigenvalue weighted by atomic mass is 10.1. The Kier molecular flexibility index (Phi) is 3.54. The van der Waals surface area contributed by atoms with Gasteiger partial charge < -0.3 is 9.64 Å². The summed E-state index contributed by atoms with van der Waals surface area (Å²) in [6, 6.07) is 9.88. The van der Waals surface area contributed by atoms with Crippen LogP contribution in [0, 0.1) is 0 Å². The molecule has 0 saturated carbocycles. The first kappa shape index (κ1) is 12.9. The standard InChI is InChI=1S/C16H18N2O2/c1-2-20-16(19)14-8-6-12-5-7-13(11-15(12)17-14)18-9-3-4-10-18/h5-8,11H,2-4,9-10H2,1H3. The van der Waals surface area contributed by atoms with Gasteiger partial charge in [-0.25, -0.2) is 9.78 Å². The first-order valence-corrected chi connectivity index (χ1v) is 7.11. The molecule has 4 nitrogen and oxygen atoms in total. The number of esters is 1. The van der Waals surface area contributed by atoms with Crippen LogP contribution in [-0.2, 0) is 4.74 Å². The average Bonchev–Trinajstić information content (AvgIpc) is 3.00. The molecule has 0 radical (unpaired) electrons. The van der Waals surface area contributed by atoms with Gasteiger partial charge in [0.25, 0.3) is 0 Å². The molecule has 20 heavy (non-hydrogen) atoms. The molecule has 0 aliphatic carbocycles. The molecular formula is C16H18N2O2. The van der Waals surface area contributed by atoms with E-state index in [0.717, 1.165) is 24.0 Å². The topological polar surface area (TPSA) is 42.4 Å². The maximum Gasteiger partial charge on any atom is 0.356 e. The highest BCUT2D eigenvalue weighted by Crippen LogP contribution is 2.24. The minimum Gasteiger partial charge on any atom is -0.461 e. The van der Waals surface area contributed by atoms with Gasteiger partial charge in [0.15, 0.2) is 0 Å². The van der Waals surface area contributed by atoms with E-state index >= 15 is 0 Å². The van der Waals surface area contributed by atoms with Crippen LogP contribution in [0.1, 0.15) is 30.3 Å². The fraction of sp³-hybridized carbons (Fsp3) is 0.375. The molecule has 1 aromatic heterocycles. The van der Waals surface area contributed by atoms with Crippen LogP contribution in [-0.4, -0.2) is 30.6 Å². The van der Waals surface area contributed by atoms with Crippen molar-refractivity contribution in [2.24, 2.45) is 0 Å². The van der Waals surface area contributed by atoms with E-state index < -0.39 is 0 Å². The molecule has 0 bridgehead atoms. The zero-order valence-corrected chi connectivity index (χ0v) is 11.6. The number of aromatic nitrogens is 1. The summed E-state index contributed by atoms with van der Waals surface area (Å²) in [5, 5.41) is 1.04. The van der Waals surface area contributed by atoms with E-state index in [0.29, 0.717) is 12.3 Å². The van der Waals surface area contributed by atoms with Gasteiger partial charge in [-0.3, -0.25) is 0 Å². The smallest absolute Gasteiger partial charge is 0.356 e. The highest BCUT2D eigenvalue weighted by Gasteiger charge is 2.14. The number of carbonyl (C=O) groups is 1. The van der Waals surface area contributed by atoms with Crippen molar-refractivity contribution in [2.45, 2.75) is 19.8 Å². The minimum absolute atomic E-state index is 0.360. The number of rotatable bonds is 3. The van der Waals surface area contributed by atoms with E-state index in [2.05, 4.69) is 28.1 Å². The van der Waals surface area contributed by atoms with E-state index in [1.807, 2.05) is 6.07 Å². The highest BCUT2D eigenvalue weighted by molar-refractivity contribution is 5.91. The maximum atomic E-state index is 11.7. The number of carbonyl (C=O) groups excluding carboxylic acids is 1. The second-order valence-corrected chi connectivity index (χ2v) is 4.99. The minimum atomic E-state index is -0.360. The number of nitrogens with zero attached hydrogens (tertiary/aromatic N) is 2. The van der Waals surface area contributed by atoms with Crippen LogP contribution in [0.4, 0.5) is 5.69 Å². The van der Waals surface area contributed by atoms with Crippen LogP contribution in [0.3, 0.4) is 0 Å². The zero-order valence-electron chi connectivity index (χ0n) is 11.6. The summed E-state index contributed by atoms with van der Waals surface area (Å²) < 4.78 is 5.00. The number of hydrogen-bond acceptors (Lipinski definition) is 4. The summed E-state index contributed by atoms with van der Waals surface area (Å²) in [5.41, 5.74) is 2.40. The SMILES string of the molecule is CCOC(=O)c1ccc2ccc(N3CCCC3)cc2n1. The van der Waals surface area contributed by atoms with Crippen molar-refractivity contribution < 1.29 is 9.53 Å². The Morgan fingerprint density at radius 3 is 2.75 bits per heavy atom. The van der Waals surface area contributed by atoms with Gasteiger partial charge in [0, 0.05) is 24.2 Å². The van der Waals surface area contributed by atoms with Gasteiger partial charge in [0.1, 0.15) is 5.69 Å². The van der Waals surface area contributed by atoms with E-state index in [4.69, 9.17) is 4.74 Å². The van der Waals surface area contributed by atoms with Gasteiger partial charge in [-0.05, 0) is 38.0 Å². The molecule has 0 amide bonds. The quantitative estimate of drug-likeness (QED) is 0.804. The van der Waals surface area contributed by atoms with Crippen LogP contribution < -0.4 is 4.90 Å². The van der Waals surface area contributed by atoms with Gasteiger partial charge >= 0.3 is 5.97 Å². The zero-order chi connectivity index (χ0) is 13.9. The van der Waals surface area contributed by atoms with Crippen molar-refractivity contribution in [3.63, 3.8) is 0 Å². The lowest BCUT2D eigenvalue weighted by molar-refractivity contribution is 0.0520. The molecule has 3 rings (SSSR count). The second kappa shape index (κ2) is 5.49. The number of fused-ring (bicyclic) bond motifs is 1. The van der Waals surface area contributed by atoms with Crippen molar-refractivity contribution in [3.8, 4) is 0 Å². The third kappa shape index (κ3) is 2.46. The molecule has 2 aromatic rings. The Hall–Kier alpha value is -2.10. The van der Waals surface area contributed by atoms with Crippen molar-refractivity contribution in [3.05, 3.63) is 36.0 Å². The van der Waals surface area contributed by atoms with Gasteiger partial charge in [0.2, 0.25) is 0 Å². The summed E-state index contributed by atoms with van der Waals surface area (Å²) in [6.07, 6.45) is 2.49. The molecule has 0 spiro atoms. The largest absolute Gasteiger partial charge is 0.461 e. The summed E-state index contributed by atoms with van der Waals surface area (Å²) >= 11 is 0. The average molecular weight is 270 g/mol. The Labute approximate surface area is 118 Å². The summed E-state index contributed by atoms with van der Waals surface area (Å²) in [5.74, 6) is -0.360. The van der Waals surface area contributed by atoms with Crippen LogP contribution >= 0.6 is 0 Å². The normalized spacial score (nSPS) is 14.8. The van der Waals surface area contributed by atoms with Gasteiger partial charge in [-0.1, -0.05) is 12.1 Å². The molecule has 1 fully saturated rings. The lowest BCUT2D eigenvalue weighted by Crippen LogP contribution is -2.17. The molecule has 2 heterocycles. The van der Waals surface area contributed by atoms with Gasteiger partial charge in [-0.15, -0.1) is 0 Å². The molecule has 1 saturated heterocycles. The highest BCUT2D eigenvalue weighted by atomic mass is 16.5. The molecule has 0 atom stereocenters. The molecule has 104 valence electrons. The van der Waals surface area contributed by atoms with Crippen molar-refractivity contribution >= 4 is 22.6 Å². The van der Waals surface area contributed by atoms with Gasteiger partial charge in [0.05, 0.1) is 12.1 Å². The first-order chi connectivity index (χ1) is 9.78. The molecular weight excluding hydrogens is 252 g/mol. The summed E-state index contributed by atoms with van der Waals surface area (Å²) in [6.45, 7) is 4.36. The maximum absolute atomic E-state index is 11.7. The van der Waals surface area contributed by atoms with Crippen molar-refractivity contribution in [1.29, 1.82) is 0 Å². The lowest BCUT2D eigenvalue weighted by Gasteiger charge is -2.17. The number of benzene rings is 1. The Morgan fingerprint density at radius 2 is 2.00 bits per heavy atom. The molecule has 1 aliphatic rings. The first-order valence-electron chi connectivity index (χ1n) is 7.11. The molecule has 4 heteroatoms. The van der Waals surface area contributed by atoms with Crippen LogP contribution in [0.2, 0.25) is 0 Å². The number of hydrogen-bond donors (Lipinski definition) is 0. The van der Waals surface area contributed by atoms with E-state index in [1.54, 1.807) is 13.0 Å². The van der Waals surface area contributed by atoms with E-state index in [9.17, 15) is 4.79 Å². The van der Waals surface area contributed by atoms with E-state index in [1.165, 1.54) is 18.5 Å². The number of ether oxygens (including phenoxy) is 1. The van der Waals surface area contributed by atoms with Crippen molar-refractivity contribution in [2.75, 3.05) is 24.6 Å². The molecule has 0 unspecified atom stereocenters.